The molecule has 0 spiro atoms. The molecule has 8 nitrogen and oxygen atoms in total. The van der Waals surface area contributed by atoms with Crippen molar-refractivity contribution in [3.63, 3.8) is 0 Å². The number of hydrogen-bond donors (Lipinski definition) is 2. The standard InChI is InChI=1S/C22H20O8/c1-9-17(24)19(26)16-11(20(9)29-10(2)23)7-8-13(18(16)25)21-15-12(22(27)30-21)5-4-6-14(15)28-3/h4-9,17,20-21,24-25H,1-3H3/t9-,17+,20-,21-/m1/s1. The van der Waals surface area contributed by atoms with Gasteiger partial charge in [-0.2, -0.15) is 0 Å². The van der Waals surface area contributed by atoms with Crippen molar-refractivity contribution >= 4 is 17.7 Å². The number of fused-ring (bicyclic) bond motifs is 2. The van der Waals surface area contributed by atoms with Gasteiger partial charge in [0, 0.05) is 24.0 Å². The number of aliphatic hydroxyl groups excluding tert-OH is 1. The molecule has 0 amide bonds. The van der Waals surface area contributed by atoms with Crippen molar-refractivity contribution in [3.8, 4) is 11.5 Å². The second-order valence-corrected chi connectivity index (χ2v) is 7.37. The third-order valence-electron chi connectivity index (χ3n) is 5.61. The number of Topliss-reactive ketones (excluding diaryl/α,β-unsaturated/α-hetero) is 1. The zero-order valence-electron chi connectivity index (χ0n) is 16.5. The summed E-state index contributed by atoms with van der Waals surface area (Å²) in [6.45, 7) is 2.81. The number of carbonyl (C=O) groups excluding carboxylic acids is 3. The van der Waals surface area contributed by atoms with Crippen LogP contribution in [0, 0.1) is 5.92 Å². The number of ketones is 1. The maximum atomic E-state index is 12.8. The lowest BCUT2D eigenvalue weighted by atomic mass is 9.77. The average molecular weight is 412 g/mol. The highest BCUT2D eigenvalue weighted by molar-refractivity contribution is 6.05. The zero-order valence-corrected chi connectivity index (χ0v) is 16.5. The molecule has 0 unspecified atom stereocenters. The van der Waals surface area contributed by atoms with E-state index in [-0.39, 0.29) is 11.1 Å². The molecule has 0 aromatic heterocycles. The van der Waals surface area contributed by atoms with Gasteiger partial charge in [-0.25, -0.2) is 4.79 Å². The summed E-state index contributed by atoms with van der Waals surface area (Å²) in [6.07, 6.45) is -3.36. The fourth-order valence-electron chi connectivity index (χ4n) is 4.13. The van der Waals surface area contributed by atoms with Crippen LogP contribution in [0.2, 0.25) is 0 Å². The van der Waals surface area contributed by atoms with Crippen molar-refractivity contribution < 1.29 is 38.8 Å². The van der Waals surface area contributed by atoms with Crippen LogP contribution < -0.4 is 4.74 Å². The summed E-state index contributed by atoms with van der Waals surface area (Å²) in [5, 5.41) is 21.4. The molecule has 2 aromatic carbocycles. The van der Waals surface area contributed by atoms with Crippen LogP contribution in [-0.2, 0) is 14.3 Å². The third-order valence-corrected chi connectivity index (χ3v) is 5.61. The Morgan fingerprint density at radius 2 is 1.83 bits per heavy atom. The van der Waals surface area contributed by atoms with Crippen LogP contribution in [0.1, 0.15) is 63.5 Å². The first-order valence-electron chi connectivity index (χ1n) is 9.39. The number of rotatable bonds is 3. The van der Waals surface area contributed by atoms with E-state index in [2.05, 4.69) is 0 Å². The van der Waals surface area contributed by atoms with Crippen molar-refractivity contribution in [3.05, 3.63) is 58.1 Å². The molecular formula is C22H20O8. The topological polar surface area (TPSA) is 119 Å². The number of aliphatic hydroxyl groups is 1. The van der Waals surface area contributed by atoms with Crippen LogP contribution in [0.3, 0.4) is 0 Å². The molecule has 2 aromatic rings. The van der Waals surface area contributed by atoms with E-state index in [9.17, 15) is 24.6 Å². The number of benzene rings is 2. The minimum atomic E-state index is -1.46. The van der Waals surface area contributed by atoms with Crippen molar-refractivity contribution in [2.75, 3.05) is 7.11 Å². The Bertz CT molecular complexity index is 1070. The van der Waals surface area contributed by atoms with Gasteiger partial charge in [0.25, 0.3) is 0 Å². The minimum absolute atomic E-state index is 0.149. The lowest BCUT2D eigenvalue weighted by Crippen LogP contribution is -2.39. The molecule has 0 saturated heterocycles. The highest BCUT2D eigenvalue weighted by Crippen LogP contribution is 2.48. The molecule has 4 atom stereocenters. The molecule has 2 N–H and O–H groups in total. The van der Waals surface area contributed by atoms with E-state index in [1.807, 2.05) is 0 Å². The van der Waals surface area contributed by atoms with E-state index in [4.69, 9.17) is 14.2 Å². The first-order valence-corrected chi connectivity index (χ1v) is 9.39. The normalized spacial score (nSPS) is 24.7. The van der Waals surface area contributed by atoms with Gasteiger partial charge < -0.3 is 24.4 Å². The predicted molar refractivity (Wildman–Crippen MR) is 102 cm³/mol. The SMILES string of the molecule is COc1cccc2c1[C@@H](c1ccc3c(c1O)C(=O)[C@@H](O)[C@@H](C)[C@H]3OC(C)=O)OC2=O. The number of carbonyl (C=O) groups is 3. The summed E-state index contributed by atoms with van der Waals surface area (Å²) in [4.78, 5) is 36.7. The first kappa shape index (κ1) is 19.9. The van der Waals surface area contributed by atoms with Gasteiger partial charge in [0.05, 0.1) is 23.8 Å². The summed E-state index contributed by atoms with van der Waals surface area (Å²) in [5.41, 5.74) is 1.05. The lowest BCUT2D eigenvalue weighted by Gasteiger charge is -2.34. The molecule has 8 heteroatoms. The smallest absolute Gasteiger partial charge is 0.339 e. The van der Waals surface area contributed by atoms with E-state index < -0.39 is 47.7 Å². The number of methoxy groups -OCH3 is 1. The monoisotopic (exact) mass is 412 g/mol. The van der Waals surface area contributed by atoms with E-state index in [0.29, 0.717) is 22.4 Å². The summed E-state index contributed by atoms with van der Waals surface area (Å²) in [5.74, 6) is -2.57. The van der Waals surface area contributed by atoms with Crippen LogP contribution in [0.25, 0.3) is 0 Å². The molecule has 1 aliphatic heterocycles. The molecule has 0 radical (unpaired) electrons. The fourth-order valence-corrected chi connectivity index (χ4v) is 4.13. The highest BCUT2D eigenvalue weighted by atomic mass is 16.6. The Hall–Kier alpha value is -3.39. The van der Waals surface area contributed by atoms with Gasteiger partial charge in [-0.15, -0.1) is 0 Å². The number of esters is 2. The molecule has 4 rings (SSSR count). The van der Waals surface area contributed by atoms with Gasteiger partial charge in [0.1, 0.15) is 23.7 Å². The number of cyclic esters (lactones) is 1. The summed E-state index contributed by atoms with van der Waals surface area (Å²) < 4.78 is 16.1. The quantitative estimate of drug-likeness (QED) is 0.738. The number of phenolic OH excluding ortho intramolecular Hbond substituents is 1. The second-order valence-electron chi connectivity index (χ2n) is 7.37. The molecule has 0 fully saturated rings. The number of ether oxygens (including phenoxy) is 3. The molecule has 1 heterocycles. The molecular weight excluding hydrogens is 392 g/mol. The van der Waals surface area contributed by atoms with Gasteiger partial charge >= 0.3 is 11.9 Å². The van der Waals surface area contributed by atoms with Crippen molar-refractivity contribution in [2.45, 2.75) is 32.2 Å². The first-order chi connectivity index (χ1) is 14.3. The molecule has 1 aliphatic carbocycles. The van der Waals surface area contributed by atoms with Gasteiger partial charge in [0.15, 0.2) is 11.9 Å². The summed E-state index contributed by atoms with van der Waals surface area (Å²) in [7, 11) is 1.45. The summed E-state index contributed by atoms with van der Waals surface area (Å²) in [6, 6.07) is 7.96. The van der Waals surface area contributed by atoms with Gasteiger partial charge in [0.2, 0.25) is 0 Å². The average Bonchev–Trinajstić information content (AvgIpc) is 3.05. The zero-order chi connectivity index (χ0) is 21.7. The minimum Gasteiger partial charge on any atom is -0.507 e. The number of aromatic hydroxyl groups is 1. The molecule has 156 valence electrons. The number of phenols is 1. The van der Waals surface area contributed by atoms with E-state index >= 15 is 0 Å². The maximum Gasteiger partial charge on any atom is 0.339 e. The Morgan fingerprint density at radius 1 is 1.13 bits per heavy atom. The van der Waals surface area contributed by atoms with Gasteiger partial charge in [-0.3, -0.25) is 9.59 Å². The maximum absolute atomic E-state index is 12.8. The highest BCUT2D eigenvalue weighted by Gasteiger charge is 2.44. The van der Waals surface area contributed by atoms with Crippen LogP contribution in [0.4, 0.5) is 0 Å². The van der Waals surface area contributed by atoms with E-state index in [0.717, 1.165) is 0 Å². The fraction of sp³-hybridized carbons (Fsp3) is 0.318. The Labute approximate surface area is 172 Å². The molecule has 30 heavy (non-hydrogen) atoms. The second kappa shape index (κ2) is 7.14. The largest absolute Gasteiger partial charge is 0.507 e. The van der Waals surface area contributed by atoms with Crippen molar-refractivity contribution in [2.24, 2.45) is 5.92 Å². The van der Waals surface area contributed by atoms with Crippen molar-refractivity contribution in [1.82, 2.24) is 0 Å². The van der Waals surface area contributed by atoms with Crippen molar-refractivity contribution in [1.29, 1.82) is 0 Å². The van der Waals surface area contributed by atoms with Crippen LogP contribution >= 0.6 is 0 Å². The van der Waals surface area contributed by atoms with E-state index in [1.165, 1.54) is 20.1 Å². The number of hydrogen-bond acceptors (Lipinski definition) is 8. The Balaban J connectivity index is 1.88. The van der Waals surface area contributed by atoms with Crippen LogP contribution in [0.5, 0.6) is 11.5 Å². The van der Waals surface area contributed by atoms with Gasteiger partial charge in [-0.05, 0) is 12.1 Å². The molecule has 0 bridgehead atoms. The van der Waals surface area contributed by atoms with E-state index in [1.54, 1.807) is 31.2 Å². The Morgan fingerprint density at radius 3 is 2.50 bits per heavy atom. The predicted octanol–water partition coefficient (Wildman–Crippen LogP) is 2.46. The molecule has 2 aliphatic rings. The third kappa shape index (κ3) is 2.83. The summed E-state index contributed by atoms with van der Waals surface area (Å²) >= 11 is 0. The van der Waals surface area contributed by atoms with Crippen LogP contribution in [0.15, 0.2) is 30.3 Å². The van der Waals surface area contributed by atoms with Crippen LogP contribution in [-0.4, -0.2) is 41.1 Å². The Kier molecular flexibility index (Phi) is 4.74. The van der Waals surface area contributed by atoms with Gasteiger partial charge in [-0.1, -0.05) is 25.1 Å². The molecule has 0 saturated carbocycles. The lowest BCUT2D eigenvalue weighted by molar-refractivity contribution is -0.151.